The molecule has 2 atom stereocenters. The average molecular weight is 171 g/mol. The Morgan fingerprint density at radius 1 is 1.25 bits per heavy atom. The van der Waals surface area contributed by atoms with Crippen molar-refractivity contribution >= 4 is 0 Å². The number of aliphatic hydroxyl groups excluding tert-OH is 2. The highest BCUT2D eigenvalue weighted by Gasteiger charge is 2.18. The molecule has 0 radical (unpaired) electrons. The van der Waals surface area contributed by atoms with Crippen molar-refractivity contribution in [3.8, 4) is 12.3 Å². The van der Waals surface area contributed by atoms with Gasteiger partial charge in [-0.15, -0.1) is 6.42 Å². The van der Waals surface area contributed by atoms with E-state index in [1.807, 2.05) is 13.8 Å². The number of terminal acetylenes is 1. The Balaban J connectivity index is 4.12. The average Bonchev–Trinajstić information content (AvgIpc) is 2.11. The lowest BCUT2D eigenvalue weighted by atomic mass is 10.3. The molecule has 70 valence electrons. The van der Waals surface area contributed by atoms with E-state index in [0.717, 1.165) is 0 Å². The van der Waals surface area contributed by atoms with E-state index in [0.29, 0.717) is 12.8 Å². The summed E-state index contributed by atoms with van der Waals surface area (Å²) in [6.07, 6.45) is 4.95. The van der Waals surface area contributed by atoms with E-state index in [2.05, 4.69) is 5.92 Å². The fraction of sp³-hybridized carbons (Fsp3) is 0.778. The van der Waals surface area contributed by atoms with Crippen LogP contribution in [0.15, 0.2) is 0 Å². The molecule has 0 saturated heterocycles. The van der Waals surface area contributed by atoms with E-state index in [1.54, 1.807) is 0 Å². The van der Waals surface area contributed by atoms with Gasteiger partial charge >= 0.3 is 0 Å². The SMILES string of the molecule is C#CCN(C(O)CC)C(O)CC. The molecule has 0 fully saturated rings. The molecule has 0 aliphatic rings. The number of nitrogens with zero attached hydrogens (tertiary/aromatic N) is 1. The minimum atomic E-state index is -0.643. The quantitative estimate of drug-likeness (QED) is 0.464. The molecule has 3 heteroatoms. The fourth-order valence-corrected chi connectivity index (χ4v) is 0.984. The Labute approximate surface area is 74.0 Å². The summed E-state index contributed by atoms with van der Waals surface area (Å²) >= 11 is 0. The molecule has 3 nitrogen and oxygen atoms in total. The highest BCUT2D eigenvalue weighted by molar-refractivity contribution is 4.89. The summed E-state index contributed by atoms with van der Waals surface area (Å²) in [4.78, 5) is 1.50. The van der Waals surface area contributed by atoms with E-state index in [9.17, 15) is 10.2 Å². The number of rotatable bonds is 5. The number of hydrogen-bond acceptors (Lipinski definition) is 3. The summed E-state index contributed by atoms with van der Waals surface area (Å²) in [6, 6.07) is 0. The molecule has 0 bridgehead atoms. The summed E-state index contributed by atoms with van der Waals surface area (Å²) in [5, 5.41) is 18.8. The molecule has 0 saturated carbocycles. The molecule has 0 aliphatic heterocycles. The minimum absolute atomic E-state index is 0.282. The summed E-state index contributed by atoms with van der Waals surface area (Å²) in [5.74, 6) is 2.40. The smallest absolute Gasteiger partial charge is 0.109 e. The molecule has 12 heavy (non-hydrogen) atoms. The van der Waals surface area contributed by atoms with Gasteiger partial charge in [-0.3, -0.25) is 0 Å². The van der Waals surface area contributed by atoms with E-state index >= 15 is 0 Å². The van der Waals surface area contributed by atoms with Crippen LogP contribution in [0.1, 0.15) is 26.7 Å². The summed E-state index contributed by atoms with van der Waals surface area (Å²) < 4.78 is 0. The highest BCUT2D eigenvalue weighted by Crippen LogP contribution is 2.06. The van der Waals surface area contributed by atoms with Crippen molar-refractivity contribution in [3.05, 3.63) is 0 Å². The van der Waals surface area contributed by atoms with Gasteiger partial charge in [0.25, 0.3) is 0 Å². The Kier molecular flexibility index (Phi) is 5.73. The number of hydrogen-bond donors (Lipinski definition) is 2. The molecule has 0 spiro atoms. The fourth-order valence-electron chi connectivity index (χ4n) is 0.984. The lowest BCUT2D eigenvalue weighted by Crippen LogP contribution is -2.42. The second-order valence-electron chi connectivity index (χ2n) is 2.65. The third-order valence-electron chi connectivity index (χ3n) is 1.77. The van der Waals surface area contributed by atoms with Gasteiger partial charge in [0.05, 0.1) is 6.54 Å². The Morgan fingerprint density at radius 2 is 1.67 bits per heavy atom. The van der Waals surface area contributed by atoms with Crippen LogP contribution in [0.25, 0.3) is 0 Å². The van der Waals surface area contributed by atoms with Crippen molar-refractivity contribution in [2.75, 3.05) is 6.54 Å². The first-order valence-corrected chi connectivity index (χ1v) is 4.22. The lowest BCUT2D eigenvalue weighted by Gasteiger charge is -2.29. The Hall–Kier alpha value is -0.560. The van der Waals surface area contributed by atoms with Gasteiger partial charge in [-0.2, -0.15) is 0 Å². The van der Waals surface area contributed by atoms with Crippen molar-refractivity contribution in [1.29, 1.82) is 0 Å². The van der Waals surface area contributed by atoms with Crippen molar-refractivity contribution in [3.63, 3.8) is 0 Å². The van der Waals surface area contributed by atoms with Crippen LogP contribution < -0.4 is 0 Å². The van der Waals surface area contributed by atoms with Crippen molar-refractivity contribution in [2.24, 2.45) is 0 Å². The summed E-state index contributed by atoms with van der Waals surface area (Å²) in [5.41, 5.74) is 0. The van der Waals surface area contributed by atoms with Gasteiger partial charge < -0.3 is 10.2 Å². The first kappa shape index (κ1) is 11.4. The molecule has 0 amide bonds. The van der Waals surface area contributed by atoms with Crippen LogP contribution in [-0.2, 0) is 0 Å². The maximum Gasteiger partial charge on any atom is 0.109 e. The van der Waals surface area contributed by atoms with Crippen LogP contribution in [0.3, 0.4) is 0 Å². The predicted octanol–water partition coefficient (Wildman–Crippen LogP) is 0.378. The molecule has 0 aromatic rings. The monoisotopic (exact) mass is 171 g/mol. The van der Waals surface area contributed by atoms with Crippen LogP contribution in [0.5, 0.6) is 0 Å². The van der Waals surface area contributed by atoms with Gasteiger partial charge in [0.15, 0.2) is 0 Å². The normalized spacial score (nSPS) is 15.7. The molecule has 0 aromatic carbocycles. The van der Waals surface area contributed by atoms with E-state index in [4.69, 9.17) is 6.42 Å². The van der Waals surface area contributed by atoms with Crippen LogP contribution >= 0.6 is 0 Å². The van der Waals surface area contributed by atoms with Crippen molar-refractivity contribution in [2.45, 2.75) is 39.1 Å². The molecule has 0 rings (SSSR count). The summed E-state index contributed by atoms with van der Waals surface area (Å²) in [6.45, 7) is 3.97. The molecule has 0 aromatic heterocycles. The molecule has 0 heterocycles. The van der Waals surface area contributed by atoms with Gasteiger partial charge in [-0.25, -0.2) is 4.90 Å². The van der Waals surface area contributed by atoms with Crippen LogP contribution in [0.2, 0.25) is 0 Å². The molecular formula is C9H17NO2. The van der Waals surface area contributed by atoms with Crippen LogP contribution in [0.4, 0.5) is 0 Å². The van der Waals surface area contributed by atoms with Gasteiger partial charge in [0.1, 0.15) is 12.5 Å². The Morgan fingerprint density at radius 3 is 1.92 bits per heavy atom. The predicted molar refractivity (Wildman–Crippen MR) is 48.1 cm³/mol. The van der Waals surface area contributed by atoms with Crippen molar-refractivity contribution < 1.29 is 10.2 Å². The van der Waals surface area contributed by atoms with Gasteiger partial charge in [-0.05, 0) is 12.8 Å². The van der Waals surface area contributed by atoms with Crippen LogP contribution in [-0.4, -0.2) is 34.1 Å². The zero-order valence-electron chi connectivity index (χ0n) is 7.70. The maximum absolute atomic E-state index is 9.42. The Bertz CT molecular complexity index is 143. The van der Waals surface area contributed by atoms with Crippen LogP contribution in [0, 0.1) is 12.3 Å². The topological polar surface area (TPSA) is 43.7 Å². The summed E-state index contributed by atoms with van der Waals surface area (Å²) in [7, 11) is 0. The van der Waals surface area contributed by atoms with E-state index < -0.39 is 12.5 Å². The van der Waals surface area contributed by atoms with Gasteiger partial charge in [-0.1, -0.05) is 19.8 Å². The molecular weight excluding hydrogens is 154 g/mol. The standard InChI is InChI=1S/C9H17NO2/c1-4-7-10(8(11)5-2)9(12)6-3/h1,8-9,11-12H,5-7H2,2-3H3. The molecule has 2 unspecified atom stereocenters. The minimum Gasteiger partial charge on any atom is -0.378 e. The largest absolute Gasteiger partial charge is 0.378 e. The van der Waals surface area contributed by atoms with Crippen molar-refractivity contribution in [1.82, 2.24) is 4.90 Å². The second-order valence-corrected chi connectivity index (χ2v) is 2.65. The van der Waals surface area contributed by atoms with Gasteiger partial charge in [0.2, 0.25) is 0 Å². The first-order chi connectivity index (χ1) is 5.67. The van der Waals surface area contributed by atoms with Gasteiger partial charge in [0, 0.05) is 0 Å². The first-order valence-electron chi connectivity index (χ1n) is 4.22. The lowest BCUT2D eigenvalue weighted by molar-refractivity contribution is -0.0955. The zero-order valence-corrected chi connectivity index (χ0v) is 7.70. The van der Waals surface area contributed by atoms with E-state index in [1.165, 1.54) is 4.90 Å². The molecule has 2 N–H and O–H groups in total. The maximum atomic E-state index is 9.42. The second kappa shape index (κ2) is 6.01. The zero-order chi connectivity index (χ0) is 9.56. The third-order valence-corrected chi connectivity index (χ3v) is 1.77. The molecule has 0 aliphatic carbocycles. The highest BCUT2D eigenvalue weighted by atomic mass is 16.3. The number of aliphatic hydroxyl groups is 2. The van der Waals surface area contributed by atoms with E-state index in [-0.39, 0.29) is 6.54 Å². The third kappa shape index (κ3) is 3.22.